The summed E-state index contributed by atoms with van der Waals surface area (Å²) in [5, 5.41) is 11.2. The van der Waals surface area contributed by atoms with Gasteiger partial charge in [0.1, 0.15) is 5.82 Å². The van der Waals surface area contributed by atoms with Crippen LogP contribution in [0.1, 0.15) is 32.1 Å². The molecule has 0 unspecified atom stereocenters. The van der Waals surface area contributed by atoms with Crippen LogP contribution in [0.3, 0.4) is 0 Å². The standard InChI is InChI=1S/C28H26N6O4/c1-19-5-4-6-20(15-19)31-13-11-30(12-14-31)18-33-25-8-3-2-7-24(25)29-26(33)17-32-27(35)22-10-9-21(34(37)38)16-23(22)28(32)36/h2-10,15-16H,11-14,17-18H2,1H3. The maximum atomic E-state index is 13.1. The van der Waals surface area contributed by atoms with Crippen molar-refractivity contribution in [3.63, 3.8) is 0 Å². The number of aromatic nitrogens is 2. The third kappa shape index (κ3) is 4.18. The Kier molecular flexibility index (Phi) is 5.88. The molecule has 3 heterocycles. The Morgan fingerprint density at radius 2 is 1.66 bits per heavy atom. The van der Waals surface area contributed by atoms with Gasteiger partial charge < -0.3 is 9.47 Å². The van der Waals surface area contributed by atoms with E-state index in [1.807, 2.05) is 24.3 Å². The van der Waals surface area contributed by atoms with Crippen LogP contribution in [0, 0.1) is 17.0 Å². The van der Waals surface area contributed by atoms with Gasteiger partial charge in [0.05, 0.1) is 40.3 Å². The third-order valence-corrected chi connectivity index (χ3v) is 7.28. The van der Waals surface area contributed by atoms with Gasteiger partial charge in [-0.25, -0.2) is 4.98 Å². The van der Waals surface area contributed by atoms with E-state index >= 15 is 0 Å². The van der Waals surface area contributed by atoms with Crippen LogP contribution in [-0.4, -0.2) is 62.3 Å². The lowest BCUT2D eigenvalue weighted by Crippen LogP contribution is -2.47. The number of hydrogen-bond donors (Lipinski definition) is 0. The van der Waals surface area contributed by atoms with E-state index in [0.717, 1.165) is 42.1 Å². The van der Waals surface area contributed by atoms with Crippen molar-refractivity contribution < 1.29 is 14.5 Å². The summed E-state index contributed by atoms with van der Waals surface area (Å²) >= 11 is 0. The van der Waals surface area contributed by atoms with Crippen molar-refractivity contribution in [2.75, 3.05) is 31.1 Å². The predicted octanol–water partition coefficient (Wildman–Crippen LogP) is 3.83. The normalized spacial score (nSPS) is 15.9. The monoisotopic (exact) mass is 510 g/mol. The molecule has 3 aromatic carbocycles. The van der Waals surface area contributed by atoms with Gasteiger partial charge >= 0.3 is 0 Å². The number of non-ortho nitro benzene ring substituents is 1. The van der Waals surface area contributed by atoms with E-state index in [2.05, 4.69) is 45.6 Å². The highest BCUT2D eigenvalue weighted by Gasteiger charge is 2.37. The summed E-state index contributed by atoms with van der Waals surface area (Å²) in [6, 6.07) is 20.0. The highest BCUT2D eigenvalue weighted by atomic mass is 16.6. The van der Waals surface area contributed by atoms with Crippen molar-refractivity contribution in [1.29, 1.82) is 0 Å². The fourth-order valence-corrected chi connectivity index (χ4v) is 5.25. The quantitative estimate of drug-likeness (QED) is 0.221. The molecule has 10 heteroatoms. The van der Waals surface area contributed by atoms with Gasteiger partial charge in [-0.2, -0.15) is 0 Å². The van der Waals surface area contributed by atoms with Crippen LogP contribution in [0.4, 0.5) is 11.4 Å². The van der Waals surface area contributed by atoms with Gasteiger partial charge in [0, 0.05) is 44.0 Å². The first kappa shape index (κ1) is 23.8. The number of amides is 2. The first-order valence-corrected chi connectivity index (χ1v) is 12.5. The van der Waals surface area contributed by atoms with E-state index < -0.39 is 16.7 Å². The lowest BCUT2D eigenvalue weighted by Gasteiger charge is -2.36. The van der Waals surface area contributed by atoms with Crippen LogP contribution < -0.4 is 4.90 Å². The molecule has 2 aliphatic rings. The number of piperazine rings is 1. The van der Waals surface area contributed by atoms with Crippen LogP contribution in [0.15, 0.2) is 66.7 Å². The zero-order valence-corrected chi connectivity index (χ0v) is 20.9. The number of para-hydroxylation sites is 2. The summed E-state index contributed by atoms with van der Waals surface area (Å²) in [6.45, 7) is 6.16. The molecule has 0 atom stereocenters. The molecule has 0 aliphatic carbocycles. The highest BCUT2D eigenvalue weighted by molar-refractivity contribution is 6.21. The fraction of sp³-hybridized carbons (Fsp3) is 0.250. The molecule has 0 radical (unpaired) electrons. The number of hydrogen-bond acceptors (Lipinski definition) is 7. The van der Waals surface area contributed by atoms with E-state index in [0.29, 0.717) is 12.5 Å². The summed E-state index contributed by atoms with van der Waals surface area (Å²) < 4.78 is 2.06. The topological polar surface area (TPSA) is 105 Å². The van der Waals surface area contributed by atoms with Crippen molar-refractivity contribution in [3.05, 3.63) is 99.4 Å². The van der Waals surface area contributed by atoms with E-state index in [4.69, 9.17) is 4.98 Å². The maximum absolute atomic E-state index is 13.1. The molecule has 192 valence electrons. The van der Waals surface area contributed by atoms with Gasteiger partial charge in [-0.3, -0.25) is 29.5 Å². The number of carbonyl (C=O) groups is 2. The van der Waals surface area contributed by atoms with Gasteiger partial charge in [-0.05, 0) is 42.8 Å². The first-order valence-electron chi connectivity index (χ1n) is 12.5. The average Bonchev–Trinajstić information content (AvgIpc) is 3.38. The third-order valence-electron chi connectivity index (χ3n) is 7.28. The van der Waals surface area contributed by atoms with Crippen LogP contribution in [-0.2, 0) is 13.2 Å². The molecule has 10 nitrogen and oxygen atoms in total. The molecule has 38 heavy (non-hydrogen) atoms. The van der Waals surface area contributed by atoms with Crippen LogP contribution in [0.5, 0.6) is 0 Å². The Balaban J connectivity index is 1.24. The summed E-state index contributed by atoms with van der Waals surface area (Å²) in [7, 11) is 0. The molecule has 4 aromatic rings. The Morgan fingerprint density at radius 1 is 0.895 bits per heavy atom. The molecule has 2 amide bonds. The van der Waals surface area contributed by atoms with Crippen molar-refractivity contribution >= 4 is 34.2 Å². The molecule has 0 saturated carbocycles. The van der Waals surface area contributed by atoms with Gasteiger partial charge in [-0.1, -0.05) is 24.3 Å². The number of rotatable bonds is 6. The average molecular weight is 511 g/mol. The minimum atomic E-state index is -0.571. The molecule has 0 bridgehead atoms. The maximum Gasteiger partial charge on any atom is 0.270 e. The van der Waals surface area contributed by atoms with Crippen molar-refractivity contribution in [1.82, 2.24) is 19.4 Å². The first-order chi connectivity index (χ1) is 18.4. The summed E-state index contributed by atoms with van der Waals surface area (Å²) in [5.41, 5.74) is 4.19. The van der Waals surface area contributed by atoms with Gasteiger partial charge in [0.2, 0.25) is 0 Å². The Labute approximate surface area is 218 Å². The van der Waals surface area contributed by atoms with E-state index in [1.54, 1.807) is 0 Å². The van der Waals surface area contributed by atoms with Crippen LogP contribution in [0.2, 0.25) is 0 Å². The molecule has 0 spiro atoms. The number of fused-ring (bicyclic) bond motifs is 2. The second-order valence-electron chi connectivity index (χ2n) is 9.71. The molecule has 1 aromatic heterocycles. The van der Waals surface area contributed by atoms with Gasteiger partial charge in [0.15, 0.2) is 0 Å². The van der Waals surface area contributed by atoms with Crippen LogP contribution in [0.25, 0.3) is 11.0 Å². The fourth-order valence-electron chi connectivity index (χ4n) is 5.25. The molecular formula is C28H26N6O4. The Hall–Kier alpha value is -4.57. The number of imide groups is 1. The second kappa shape index (κ2) is 9.38. The van der Waals surface area contributed by atoms with E-state index in [1.165, 1.54) is 29.4 Å². The minimum absolute atomic E-state index is 0.0158. The molecule has 1 saturated heterocycles. The van der Waals surface area contributed by atoms with Crippen molar-refractivity contribution in [3.8, 4) is 0 Å². The number of nitrogens with zero attached hydrogens (tertiary/aromatic N) is 6. The highest BCUT2D eigenvalue weighted by Crippen LogP contribution is 2.29. The second-order valence-corrected chi connectivity index (χ2v) is 9.71. The number of carbonyl (C=O) groups excluding carboxylic acids is 2. The predicted molar refractivity (Wildman–Crippen MR) is 142 cm³/mol. The molecule has 2 aliphatic heterocycles. The molecule has 6 rings (SSSR count). The van der Waals surface area contributed by atoms with Crippen molar-refractivity contribution in [2.45, 2.75) is 20.1 Å². The Bertz CT molecular complexity index is 1590. The summed E-state index contributed by atoms with van der Waals surface area (Å²) in [5.74, 6) is -0.416. The smallest absolute Gasteiger partial charge is 0.270 e. The number of nitro benzene ring substituents is 1. The van der Waals surface area contributed by atoms with Crippen molar-refractivity contribution in [2.24, 2.45) is 0 Å². The number of nitro groups is 1. The number of anilines is 1. The summed E-state index contributed by atoms with van der Waals surface area (Å²) in [4.78, 5) is 47.4. The lowest BCUT2D eigenvalue weighted by molar-refractivity contribution is -0.384. The van der Waals surface area contributed by atoms with Gasteiger partial charge in [-0.15, -0.1) is 0 Å². The largest absolute Gasteiger partial charge is 0.369 e. The number of imidazole rings is 1. The molecule has 0 N–H and O–H groups in total. The van der Waals surface area contributed by atoms with E-state index in [-0.39, 0.29) is 23.4 Å². The number of benzene rings is 3. The zero-order chi connectivity index (χ0) is 26.4. The summed E-state index contributed by atoms with van der Waals surface area (Å²) in [6.07, 6.45) is 0. The Morgan fingerprint density at radius 3 is 2.42 bits per heavy atom. The minimum Gasteiger partial charge on any atom is -0.369 e. The zero-order valence-electron chi connectivity index (χ0n) is 20.9. The van der Waals surface area contributed by atoms with E-state index in [9.17, 15) is 19.7 Å². The molecule has 1 fully saturated rings. The lowest BCUT2D eigenvalue weighted by atomic mass is 10.1. The number of aryl methyl sites for hydroxylation is 1. The SMILES string of the molecule is Cc1cccc(N2CCN(Cn3c(CN4C(=O)c5ccc([N+](=O)[O-])cc5C4=O)nc4ccccc43)CC2)c1. The van der Waals surface area contributed by atoms with Crippen LogP contribution >= 0.6 is 0 Å². The molecular weight excluding hydrogens is 484 g/mol. The van der Waals surface area contributed by atoms with Gasteiger partial charge in [0.25, 0.3) is 17.5 Å².